The second-order valence-corrected chi connectivity index (χ2v) is 8.92. The van der Waals surface area contributed by atoms with E-state index in [1.807, 2.05) is 24.8 Å². The maximum atomic E-state index is 13.6. The highest BCUT2D eigenvalue weighted by molar-refractivity contribution is 5.84. The number of aryl methyl sites for hydroxylation is 4. The van der Waals surface area contributed by atoms with Crippen molar-refractivity contribution in [2.45, 2.75) is 71.8 Å². The van der Waals surface area contributed by atoms with Gasteiger partial charge in [0.05, 0.1) is 5.69 Å². The Hall–Kier alpha value is -2.71. The summed E-state index contributed by atoms with van der Waals surface area (Å²) >= 11 is 0. The second kappa shape index (κ2) is 8.80. The summed E-state index contributed by atoms with van der Waals surface area (Å²) in [6.07, 6.45) is 0.0464. The summed E-state index contributed by atoms with van der Waals surface area (Å²) in [4.78, 5) is 23.0. The number of anilines is 2. The molecule has 7 nitrogen and oxygen atoms in total. The van der Waals surface area contributed by atoms with Crippen LogP contribution in [-0.4, -0.2) is 40.7 Å². The zero-order valence-corrected chi connectivity index (χ0v) is 18.7. The normalized spacial score (nSPS) is 16.3. The summed E-state index contributed by atoms with van der Waals surface area (Å²) in [7, 11) is 0. The van der Waals surface area contributed by atoms with E-state index in [1.54, 1.807) is 26.8 Å². The standard InChI is InChI=1S/C22H30F2N4O3/c1-14-15(2)30-19(25-14)7-6-16-12-17(28-10-8-22(23,24)9-11-28)13-18(26-16)27-20(29)31-21(3,4)5/h12-13H,6-11H2,1-5H3,(H,26,27,29). The third-order valence-electron chi connectivity index (χ3n) is 5.02. The van der Waals surface area contributed by atoms with Crippen molar-refractivity contribution in [2.24, 2.45) is 0 Å². The maximum absolute atomic E-state index is 13.6. The van der Waals surface area contributed by atoms with Crippen LogP contribution in [0.4, 0.5) is 25.1 Å². The molecule has 0 atom stereocenters. The van der Waals surface area contributed by atoms with Crippen LogP contribution in [0.15, 0.2) is 16.5 Å². The topological polar surface area (TPSA) is 80.5 Å². The zero-order valence-electron chi connectivity index (χ0n) is 18.7. The fourth-order valence-corrected chi connectivity index (χ4v) is 3.33. The van der Waals surface area contributed by atoms with Gasteiger partial charge < -0.3 is 14.1 Å². The highest BCUT2D eigenvalue weighted by Crippen LogP contribution is 2.31. The van der Waals surface area contributed by atoms with Crippen molar-refractivity contribution in [1.82, 2.24) is 9.97 Å². The van der Waals surface area contributed by atoms with Gasteiger partial charge in [0.15, 0.2) is 5.89 Å². The van der Waals surface area contributed by atoms with Crippen molar-refractivity contribution in [2.75, 3.05) is 23.3 Å². The van der Waals surface area contributed by atoms with Crippen LogP contribution in [0.3, 0.4) is 0 Å². The molecule has 2 aromatic heterocycles. The summed E-state index contributed by atoms with van der Waals surface area (Å²) in [5.41, 5.74) is 1.64. The first-order chi connectivity index (χ1) is 14.4. The Bertz CT molecular complexity index is 908. The van der Waals surface area contributed by atoms with E-state index in [0.717, 1.165) is 17.1 Å². The van der Waals surface area contributed by atoms with Crippen LogP contribution < -0.4 is 10.2 Å². The van der Waals surface area contributed by atoms with Crippen molar-refractivity contribution in [3.05, 3.63) is 35.2 Å². The molecule has 1 N–H and O–H groups in total. The molecule has 1 saturated heterocycles. The zero-order chi connectivity index (χ0) is 22.8. The lowest BCUT2D eigenvalue weighted by Gasteiger charge is -2.33. The molecule has 0 saturated carbocycles. The number of alkyl halides is 2. The van der Waals surface area contributed by atoms with E-state index in [-0.39, 0.29) is 25.9 Å². The summed E-state index contributed by atoms with van der Waals surface area (Å²) < 4.78 is 38.1. The summed E-state index contributed by atoms with van der Waals surface area (Å²) in [5, 5.41) is 2.66. The molecule has 0 aromatic carbocycles. The Morgan fingerprint density at radius 1 is 1.19 bits per heavy atom. The third kappa shape index (κ3) is 6.63. The molecule has 31 heavy (non-hydrogen) atoms. The first-order valence-electron chi connectivity index (χ1n) is 10.5. The lowest BCUT2D eigenvalue weighted by Crippen LogP contribution is -2.39. The molecule has 170 valence electrons. The second-order valence-electron chi connectivity index (χ2n) is 8.92. The van der Waals surface area contributed by atoms with E-state index in [9.17, 15) is 13.6 Å². The van der Waals surface area contributed by atoms with Crippen molar-refractivity contribution >= 4 is 17.6 Å². The van der Waals surface area contributed by atoms with E-state index in [4.69, 9.17) is 9.15 Å². The number of aromatic nitrogens is 2. The number of halogens is 2. The number of amides is 1. The molecule has 0 spiro atoms. The third-order valence-corrected chi connectivity index (χ3v) is 5.02. The van der Waals surface area contributed by atoms with Crippen LogP contribution in [-0.2, 0) is 17.6 Å². The van der Waals surface area contributed by atoms with Crippen LogP contribution in [0.2, 0.25) is 0 Å². The number of piperidine rings is 1. The van der Waals surface area contributed by atoms with Gasteiger partial charge in [-0.2, -0.15) is 0 Å². The van der Waals surface area contributed by atoms with E-state index in [2.05, 4.69) is 15.3 Å². The predicted molar refractivity (Wildman–Crippen MR) is 114 cm³/mol. The molecule has 3 heterocycles. The smallest absolute Gasteiger partial charge is 0.413 e. The number of carbonyl (C=O) groups is 1. The number of ether oxygens (including phenoxy) is 1. The summed E-state index contributed by atoms with van der Waals surface area (Å²) in [6.45, 7) is 9.54. The highest BCUT2D eigenvalue weighted by atomic mass is 19.3. The summed E-state index contributed by atoms with van der Waals surface area (Å²) in [5.74, 6) is -0.927. The quantitative estimate of drug-likeness (QED) is 0.706. The average Bonchev–Trinajstić information content (AvgIpc) is 2.96. The Balaban J connectivity index is 1.80. The van der Waals surface area contributed by atoms with Crippen molar-refractivity contribution in [1.29, 1.82) is 0 Å². The number of hydrogen-bond acceptors (Lipinski definition) is 6. The van der Waals surface area contributed by atoms with Crippen molar-refractivity contribution in [3.8, 4) is 0 Å². The minimum absolute atomic E-state index is 0.200. The number of hydrogen-bond donors (Lipinski definition) is 1. The number of pyridine rings is 1. The molecule has 9 heteroatoms. The average molecular weight is 437 g/mol. The molecule has 1 fully saturated rings. The molecule has 1 amide bonds. The van der Waals surface area contributed by atoms with Crippen LogP contribution in [0.5, 0.6) is 0 Å². The van der Waals surface area contributed by atoms with Crippen molar-refractivity contribution < 1.29 is 22.7 Å². The molecule has 0 bridgehead atoms. The minimum Gasteiger partial charge on any atom is -0.446 e. The van der Waals surface area contributed by atoms with E-state index in [0.29, 0.717) is 30.2 Å². The van der Waals surface area contributed by atoms with Gasteiger partial charge >= 0.3 is 6.09 Å². The number of carbonyl (C=O) groups excluding carboxylic acids is 1. The molecular formula is C22H30F2N4O3. The monoisotopic (exact) mass is 436 g/mol. The minimum atomic E-state index is -2.63. The van der Waals surface area contributed by atoms with Gasteiger partial charge in [0.2, 0.25) is 0 Å². The van der Waals surface area contributed by atoms with Crippen LogP contribution in [0.25, 0.3) is 0 Å². The number of rotatable bonds is 5. The van der Waals surface area contributed by atoms with E-state index >= 15 is 0 Å². The van der Waals surface area contributed by atoms with Gasteiger partial charge in [-0.25, -0.2) is 23.5 Å². The number of nitrogens with one attached hydrogen (secondary N) is 1. The Morgan fingerprint density at radius 2 is 1.87 bits per heavy atom. The fourth-order valence-electron chi connectivity index (χ4n) is 3.33. The van der Waals surface area contributed by atoms with Gasteiger partial charge in [0, 0.05) is 49.8 Å². The lowest BCUT2D eigenvalue weighted by atomic mass is 10.1. The Morgan fingerprint density at radius 3 is 2.45 bits per heavy atom. The molecule has 0 radical (unpaired) electrons. The SMILES string of the molecule is Cc1nc(CCc2cc(N3CCC(F)(F)CC3)cc(NC(=O)OC(C)(C)C)n2)oc1C. The fraction of sp³-hybridized carbons (Fsp3) is 0.591. The van der Waals surface area contributed by atoms with Gasteiger partial charge in [-0.15, -0.1) is 0 Å². The molecule has 0 aliphatic carbocycles. The van der Waals surface area contributed by atoms with Crippen LogP contribution in [0.1, 0.15) is 56.7 Å². The molecule has 0 unspecified atom stereocenters. The van der Waals surface area contributed by atoms with Gasteiger partial charge in [-0.1, -0.05) is 0 Å². The largest absolute Gasteiger partial charge is 0.446 e. The predicted octanol–water partition coefficient (Wildman–Crippen LogP) is 5.05. The van der Waals surface area contributed by atoms with Gasteiger partial charge in [-0.05, 0) is 47.1 Å². The van der Waals surface area contributed by atoms with Gasteiger partial charge in [0.1, 0.15) is 17.2 Å². The van der Waals surface area contributed by atoms with Gasteiger partial charge in [-0.3, -0.25) is 5.32 Å². The van der Waals surface area contributed by atoms with Crippen LogP contribution in [0, 0.1) is 13.8 Å². The Kier molecular flexibility index (Phi) is 6.52. The van der Waals surface area contributed by atoms with Crippen LogP contribution >= 0.6 is 0 Å². The molecule has 2 aromatic rings. The van der Waals surface area contributed by atoms with E-state index in [1.165, 1.54) is 0 Å². The number of nitrogens with zero attached hydrogens (tertiary/aromatic N) is 3. The molecular weight excluding hydrogens is 406 g/mol. The number of oxazole rings is 1. The highest BCUT2D eigenvalue weighted by Gasteiger charge is 2.34. The molecule has 1 aliphatic heterocycles. The first-order valence-corrected chi connectivity index (χ1v) is 10.5. The molecule has 1 aliphatic rings. The molecule has 3 rings (SSSR count). The van der Waals surface area contributed by atoms with E-state index < -0.39 is 17.6 Å². The van der Waals surface area contributed by atoms with Crippen molar-refractivity contribution in [3.63, 3.8) is 0 Å². The summed E-state index contributed by atoms with van der Waals surface area (Å²) in [6, 6.07) is 3.56. The lowest BCUT2D eigenvalue weighted by molar-refractivity contribution is -0.0220. The first kappa shape index (κ1) is 23.0. The Labute approximate surface area is 181 Å². The maximum Gasteiger partial charge on any atom is 0.413 e. The van der Waals surface area contributed by atoms with Gasteiger partial charge in [0.25, 0.3) is 5.92 Å².